The van der Waals surface area contributed by atoms with Crippen LogP contribution in [0.15, 0.2) is 12.7 Å². The topological polar surface area (TPSA) is 3.24 Å². The van der Waals surface area contributed by atoms with Crippen LogP contribution in [0.4, 0.5) is 0 Å². The van der Waals surface area contributed by atoms with Crippen molar-refractivity contribution < 1.29 is 0 Å². The highest BCUT2D eigenvalue weighted by molar-refractivity contribution is 7.80. The number of rotatable bonds is 4. The maximum absolute atomic E-state index is 4.29. The molecule has 0 amide bonds. The van der Waals surface area contributed by atoms with E-state index in [1.807, 2.05) is 6.08 Å². The Labute approximate surface area is 63.2 Å². The summed E-state index contributed by atoms with van der Waals surface area (Å²) >= 11 is 4.29. The molecule has 0 aliphatic rings. The first-order valence-electron chi connectivity index (χ1n) is 3.25. The third kappa shape index (κ3) is 3.60. The summed E-state index contributed by atoms with van der Waals surface area (Å²) in [5.41, 5.74) is 0. The van der Waals surface area contributed by atoms with Crippen LogP contribution in [0, 0.1) is 0 Å². The van der Waals surface area contributed by atoms with Gasteiger partial charge in [-0.3, -0.25) is 4.90 Å². The highest BCUT2D eigenvalue weighted by atomic mass is 32.1. The fraction of sp³-hybridized carbons (Fsp3) is 0.714. The van der Waals surface area contributed by atoms with Crippen LogP contribution in [0.1, 0.15) is 13.8 Å². The minimum absolute atomic E-state index is 0.341. The summed E-state index contributed by atoms with van der Waals surface area (Å²) in [6, 6.07) is 0. The molecule has 0 bridgehead atoms. The zero-order valence-electron chi connectivity index (χ0n) is 6.17. The van der Waals surface area contributed by atoms with Crippen LogP contribution in [0.5, 0.6) is 0 Å². The number of nitrogens with zero attached hydrogens (tertiary/aromatic N) is 1. The van der Waals surface area contributed by atoms with E-state index in [1.54, 1.807) is 0 Å². The Morgan fingerprint density at radius 3 is 2.44 bits per heavy atom. The predicted molar refractivity (Wildman–Crippen MR) is 45.9 cm³/mol. The SMILES string of the molecule is C=CCN(CC)C(C)S. The molecule has 0 N–H and O–H groups in total. The number of hydrogen-bond acceptors (Lipinski definition) is 2. The second kappa shape index (κ2) is 4.89. The van der Waals surface area contributed by atoms with Crippen molar-refractivity contribution in [2.24, 2.45) is 0 Å². The maximum atomic E-state index is 4.29. The monoisotopic (exact) mass is 145 g/mol. The van der Waals surface area contributed by atoms with Gasteiger partial charge in [0, 0.05) is 6.54 Å². The van der Waals surface area contributed by atoms with Gasteiger partial charge in [0.15, 0.2) is 0 Å². The van der Waals surface area contributed by atoms with Crippen molar-refractivity contribution in [2.75, 3.05) is 13.1 Å². The van der Waals surface area contributed by atoms with Gasteiger partial charge in [-0.1, -0.05) is 13.0 Å². The molecular weight excluding hydrogens is 130 g/mol. The van der Waals surface area contributed by atoms with Gasteiger partial charge in [0.25, 0.3) is 0 Å². The van der Waals surface area contributed by atoms with E-state index in [0.29, 0.717) is 5.37 Å². The molecule has 0 fully saturated rings. The summed E-state index contributed by atoms with van der Waals surface area (Å²) in [6.45, 7) is 9.81. The van der Waals surface area contributed by atoms with Crippen LogP contribution in [0.3, 0.4) is 0 Å². The Kier molecular flexibility index (Phi) is 4.91. The van der Waals surface area contributed by atoms with Gasteiger partial charge in [0.05, 0.1) is 5.37 Å². The highest BCUT2D eigenvalue weighted by Gasteiger charge is 2.02. The Bertz CT molecular complexity index is 81.0. The zero-order chi connectivity index (χ0) is 7.28. The predicted octanol–water partition coefficient (Wildman–Crippen LogP) is 1.77. The molecule has 0 heterocycles. The van der Waals surface area contributed by atoms with Crippen molar-refractivity contribution in [3.63, 3.8) is 0 Å². The lowest BCUT2D eigenvalue weighted by molar-refractivity contribution is 0.314. The van der Waals surface area contributed by atoms with E-state index in [0.717, 1.165) is 13.1 Å². The van der Waals surface area contributed by atoms with Crippen molar-refractivity contribution in [1.82, 2.24) is 4.90 Å². The Morgan fingerprint density at radius 1 is 1.78 bits per heavy atom. The van der Waals surface area contributed by atoms with E-state index in [9.17, 15) is 0 Å². The highest BCUT2D eigenvalue weighted by Crippen LogP contribution is 2.00. The second-order valence-corrected chi connectivity index (χ2v) is 2.76. The van der Waals surface area contributed by atoms with Gasteiger partial charge >= 0.3 is 0 Å². The van der Waals surface area contributed by atoms with Crippen LogP contribution in [-0.2, 0) is 0 Å². The number of thiol groups is 1. The molecule has 1 nitrogen and oxygen atoms in total. The molecule has 9 heavy (non-hydrogen) atoms. The van der Waals surface area contributed by atoms with E-state index >= 15 is 0 Å². The van der Waals surface area contributed by atoms with Gasteiger partial charge in [0.1, 0.15) is 0 Å². The molecule has 0 aromatic heterocycles. The summed E-state index contributed by atoms with van der Waals surface area (Å²) in [5, 5.41) is 0.341. The first-order chi connectivity index (χ1) is 4.22. The lowest BCUT2D eigenvalue weighted by Gasteiger charge is -2.21. The van der Waals surface area contributed by atoms with Gasteiger partial charge in [0.2, 0.25) is 0 Å². The van der Waals surface area contributed by atoms with Gasteiger partial charge in [-0.05, 0) is 13.5 Å². The smallest absolute Gasteiger partial charge is 0.0502 e. The Morgan fingerprint density at radius 2 is 2.33 bits per heavy atom. The van der Waals surface area contributed by atoms with Crippen LogP contribution < -0.4 is 0 Å². The first kappa shape index (κ1) is 9.05. The first-order valence-corrected chi connectivity index (χ1v) is 3.77. The minimum atomic E-state index is 0.341. The van der Waals surface area contributed by atoms with Crippen molar-refractivity contribution >= 4 is 12.6 Å². The van der Waals surface area contributed by atoms with Crippen molar-refractivity contribution in [1.29, 1.82) is 0 Å². The molecule has 1 atom stereocenters. The molecule has 0 saturated carbocycles. The lowest BCUT2D eigenvalue weighted by Crippen LogP contribution is -2.28. The summed E-state index contributed by atoms with van der Waals surface area (Å²) < 4.78 is 0. The molecule has 0 aromatic rings. The molecule has 0 aromatic carbocycles. The van der Waals surface area contributed by atoms with E-state index in [-0.39, 0.29) is 0 Å². The quantitative estimate of drug-likeness (QED) is 0.358. The molecule has 0 aliphatic carbocycles. The molecule has 54 valence electrons. The third-order valence-electron chi connectivity index (χ3n) is 1.30. The average Bonchev–Trinajstić information content (AvgIpc) is 1.82. The van der Waals surface area contributed by atoms with Crippen LogP contribution in [-0.4, -0.2) is 23.4 Å². The van der Waals surface area contributed by atoms with Gasteiger partial charge in [-0.25, -0.2) is 0 Å². The van der Waals surface area contributed by atoms with Gasteiger partial charge in [-0.15, -0.1) is 6.58 Å². The fourth-order valence-corrected chi connectivity index (χ4v) is 0.969. The van der Waals surface area contributed by atoms with Crippen molar-refractivity contribution in [3.8, 4) is 0 Å². The van der Waals surface area contributed by atoms with E-state index in [2.05, 4.69) is 38.0 Å². The normalized spacial score (nSPS) is 13.8. The van der Waals surface area contributed by atoms with Crippen LogP contribution >= 0.6 is 12.6 Å². The summed E-state index contributed by atoms with van der Waals surface area (Å²) in [7, 11) is 0. The Balaban J connectivity index is 3.53. The molecule has 1 unspecified atom stereocenters. The Hall–Kier alpha value is 0.0500. The maximum Gasteiger partial charge on any atom is 0.0502 e. The summed E-state index contributed by atoms with van der Waals surface area (Å²) in [4.78, 5) is 2.22. The molecule has 0 spiro atoms. The summed E-state index contributed by atoms with van der Waals surface area (Å²) in [5.74, 6) is 0. The zero-order valence-corrected chi connectivity index (χ0v) is 7.06. The number of likely N-dealkylation sites (N-methyl/N-ethyl adjacent to an activating group) is 1. The number of hydrogen-bond donors (Lipinski definition) is 1. The average molecular weight is 145 g/mol. The van der Waals surface area contributed by atoms with Crippen LogP contribution in [0.25, 0.3) is 0 Å². The van der Waals surface area contributed by atoms with Crippen molar-refractivity contribution in [3.05, 3.63) is 12.7 Å². The van der Waals surface area contributed by atoms with Crippen LogP contribution in [0.2, 0.25) is 0 Å². The molecule has 0 aliphatic heterocycles. The van der Waals surface area contributed by atoms with E-state index in [4.69, 9.17) is 0 Å². The molecule has 0 saturated heterocycles. The molecule has 2 heteroatoms. The fourth-order valence-electron chi connectivity index (χ4n) is 0.712. The summed E-state index contributed by atoms with van der Waals surface area (Å²) in [6.07, 6.45) is 1.90. The molecule has 0 rings (SSSR count). The van der Waals surface area contributed by atoms with Crippen molar-refractivity contribution in [2.45, 2.75) is 19.2 Å². The van der Waals surface area contributed by atoms with E-state index in [1.165, 1.54) is 0 Å². The standard InChI is InChI=1S/C7H15NS/c1-4-6-8(5-2)7(3)9/h4,7,9H,1,5-6H2,2-3H3. The second-order valence-electron chi connectivity index (χ2n) is 2.01. The largest absolute Gasteiger partial charge is 0.289 e. The molecular formula is C7H15NS. The van der Waals surface area contributed by atoms with Gasteiger partial charge < -0.3 is 0 Å². The van der Waals surface area contributed by atoms with Gasteiger partial charge in [-0.2, -0.15) is 12.6 Å². The third-order valence-corrected chi connectivity index (χ3v) is 1.62. The van der Waals surface area contributed by atoms with E-state index < -0.39 is 0 Å². The minimum Gasteiger partial charge on any atom is -0.289 e. The molecule has 0 radical (unpaired) electrons. The lowest BCUT2D eigenvalue weighted by atomic mass is 10.5.